The Labute approximate surface area is 118 Å². The molecule has 0 atom stereocenters. The van der Waals surface area contributed by atoms with E-state index >= 15 is 0 Å². The Balaban J connectivity index is 1.96. The van der Waals surface area contributed by atoms with Gasteiger partial charge in [-0.2, -0.15) is 5.26 Å². The van der Waals surface area contributed by atoms with Crippen LogP contribution in [0, 0.1) is 16.7 Å². The normalized spacial score (nSPS) is 15.2. The van der Waals surface area contributed by atoms with E-state index in [-0.39, 0.29) is 5.41 Å². The average molecular weight is 274 g/mol. The number of anilines is 1. The Bertz CT molecular complexity index is 545. The second kappa shape index (κ2) is 5.83. The number of benzene rings is 1. The summed E-state index contributed by atoms with van der Waals surface area (Å²) in [5.74, 6) is 0.149. The first-order chi connectivity index (χ1) is 9.60. The summed E-state index contributed by atoms with van der Waals surface area (Å²) in [6.45, 7) is 2.68. The van der Waals surface area contributed by atoms with Gasteiger partial charge in [0, 0.05) is 11.8 Å². The first-order valence-corrected chi connectivity index (χ1v) is 6.66. The molecule has 0 bridgehead atoms. The van der Waals surface area contributed by atoms with Crippen LogP contribution in [0.2, 0.25) is 0 Å². The van der Waals surface area contributed by atoms with Crippen LogP contribution >= 0.6 is 0 Å². The van der Waals surface area contributed by atoms with Crippen LogP contribution in [-0.4, -0.2) is 19.2 Å². The minimum atomic E-state index is -0.413. The van der Waals surface area contributed by atoms with Gasteiger partial charge in [-0.3, -0.25) is 0 Å². The van der Waals surface area contributed by atoms with Gasteiger partial charge in [0.15, 0.2) is 0 Å². The molecule has 1 aromatic rings. The summed E-state index contributed by atoms with van der Waals surface area (Å²) in [6.07, 6.45) is 2.32. The van der Waals surface area contributed by atoms with Crippen molar-refractivity contribution in [3.8, 4) is 11.8 Å². The van der Waals surface area contributed by atoms with Crippen LogP contribution in [0.1, 0.15) is 36.5 Å². The molecule has 0 amide bonds. The summed E-state index contributed by atoms with van der Waals surface area (Å²) in [5.41, 5.74) is 6.52. The van der Waals surface area contributed by atoms with Gasteiger partial charge in [-0.1, -0.05) is 0 Å². The monoisotopic (exact) mass is 274 g/mol. The van der Waals surface area contributed by atoms with Gasteiger partial charge >= 0.3 is 5.97 Å². The van der Waals surface area contributed by atoms with E-state index in [0.29, 0.717) is 36.6 Å². The molecule has 1 aromatic carbocycles. The lowest BCUT2D eigenvalue weighted by atomic mass is 10.1. The topological polar surface area (TPSA) is 85.3 Å². The Kier molecular flexibility index (Phi) is 4.14. The van der Waals surface area contributed by atoms with Crippen LogP contribution in [0.25, 0.3) is 0 Å². The number of carbonyl (C=O) groups is 1. The van der Waals surface area contributed by atoms with Crippen molar-refractivity contribution in [2.75, 3.05) is 18.9 Å². The molecule has 2 N–H and O–H groups in total. The zero-order chi connectivity index (χ0) is 14.6. The van der Waals surface area contributed by atoms with E-state index in [1.165, 1.54) is 0 Å². The van der Waals surface area contributed by atoms with Gasteiger partial charge in [-0.25, -0.2) is 4.79 Å². The Morgan fingerprint density at radius 3 is 2.80 bits per heavy atom. The van der Waals surface area contributed by atoms with Gasteiger partial charge in [0.05, 0.1) is 30.5 Å². The average Bonchev–Trinajstić information content (AvgIpc) is 3.19. The first-order valence-electron chi connectivity index (χ1n) is 6.66. The van der Waals surface area contributed by atoms with Gasteiger partial charge in [-0.05, 0) is 38.0 Å². The molecule has 1 aliphatic carbocycles. The van der Waals surface area contributed by atoms with Crippen LogP contribution in [-0.2, 0) is 4.74 Å². The van der Waals surface area contributed by atoms with E-state index in [1.807, 2.05) is 6.92 Å². The maximum atomic E-state index is 11.9. The largest absolute Gasteiger partial charge is 0.492 e. The molecule has 1 fully saturated rings. The van der Waals surface area contributed by atoms with Crippen molar-refractivity contribution in [2.24, 2.45) is 5.41 Å². The summed E-state index contributed by atoms with van der Waals surface area (Å²) in [7, 11) is 0. The van der Waals surface area contributed by atoms with E-state index in [1.54, 1.807) is 18.2 Å². The Morgan fingerprint density at radius 1 is 1.50 bits per heavy atom. The number of hydrogen-bond acceptors (Lipinski definition) is 5. The number of hydrogen-bond donors (Lipinski definition) is 1. The number of nitrogens with two attached hydrogens (primary N) is 1. The standard InChI is InChI=1S/C15H18N2O3/c1-2-19-13-4-3-11(9-12(13)17)14(18)20-10-15(5-6-15)7-8-16/h3-4,9H,2,5-7,10,17H2,1H3. The Morgan fingerprint density at radius 2 is 2.25 bits per heavy atom. The molecule has 0 unspecified atom stereocenters. The number of nitriles is 1. The van der Waals surface area contributed by atoms with E-state index in [2.05, 4.69) is 6.07 Å². The molecule has 5 heteroatoms. The highest BCUT2D eigenvalue weighted by Crippen LogP contribution is 2.48. The number of nitrogens with zero attached hydrogens (tertiary/aromatic N) is 1. The number of rotatable bonds is 6. The molecule has 1 aliphatic rings. The van der Waals surface area contributed by atoms with Crippen molar-refractivity contribution in [1.82, 2.24) is 0 Å². The summed E-state index contributed by atoms with van der Waals surface area (Å²) in [5, 5.41) is 8.72. The van der Waals surface area contributed by atoms with Crippen LogP contribution in [0.5, 0.6) is 5.75 Å². The SMILES string of the molecule is CCOc1ccc(C(=O)OCC2(CC#N)CC2)cc1N. The molecule has 1 saturated carbocycles. The molecule has 0 aliphatic heterocycles. The molecular formula is C15H18N2O3. The Hall–Kier alpha value is -2.22. The second-order valence-electron chi connectivity index (χ2n) is 5.10. The van der Waals surface area contributed by atoms with Crippen LogP contribution in [0.4, 0.5) is 5.69 Å². The van der Waals surface area contributed by atoms with Crippen molar-refractivity contribution in [1.29, 1.82) is 5.26 Å². The first kappa shape index (κ1) is 14.2. The number of esters is 1. The molecule has 106 valence electrons. The molecule has 0 saturated heterocycles. The lowest BCUT2D eigenvalue weighted by Crippen LogP contribution is -2.15. The lowest BCUT2D eigenvalue weighted by Gasteiger charge is -2.12. The third kappa shape index (κ3) is 3.21. The molecule has 0 spiro atoms. The molecule has 20 heavy (non-hydrogen) atoms. The molecular weight excluding hydrogens is 256 g/mol. The van der Waals surface area contributed by atoms with Gasteiger partial charge < -0.3 is 15.2 Å². The van der Waals surface area contributed by atoms with Gasteiger partial charge in [0.2, 0.25) is 0 Å². The maximum absolute atomic E-state index is 11.9. The summed E-state index contributed by atoms with van der Waals surface area (Å²) < 4.78 is 10.6. The lowest BCUT2D eigenvalue weighted by molar-refractivity contribution is 0.0419. The van der Waals surface area contributed by atoms with E-state index < -0.39 is 5.97 Å². The van der Waals surface area contributed by atoms with E-state index in [4.69, 9.17) is 20.5 Å². The zero-order valence-corrected chi connectivity index (χ0v) is 11.5. The number of carbonyl (C=O) groups excluding carboxylic acids is 1. The van der Waals surface area contributed by atoms with Gasteiger partial charge in [0.1, 0.15) is 5.75 Å². The fourth-order valence-electron chi connectivity index (χ4n) is 1.98. The summed E-state index contributed by atoms with van der Waals surface area (Å²) >= 11 is 0. The van der Waals surface area contributed by atoms with E-state index in [9.17, 15) is 4.79 Å². The van der Waals surface area contributed by atoms with Crippen LogP contribution in [0.3, 0.4) is 0 Å². The van der Waals surface area contributed by atoms with Gasteiger partial charge in [0.25, 0.3) is 0 Å². The zero-order valence-electron chi connectivity index (χ0n) is 11.5. The smallest absolute Gasteiger partial charge is 0.338 e. The third-order valence-electron chi connectivity index (χ3n) is 3.47. The van der Waals surface area contributed by atoms with Crippen molar-refractivity contribution >= 4 is 11.7 Å². The van der Waals surface area contributed by atoms with Crippen molar-refractivity contribution < 1.29 is 14.3 Å². The summed E-state index contributed by atoms with van der Waals surface area (Å²) in [4.78, 5) is 11.9. The predicted molar refractivity (Wildman–Crippen MR) is 74.2 cm³/mol. The van der Waals surface area contributed by atoms with Crippen molar-refractivity contribution in [2.45, 2.75) is 26.2 Å². The number of ether oxygens (including phenoxy) is 2. The fraction of sp³-hybridized carbons (Fsp3) is 0.467. The summed E-state index contributed by atoms with van der Waals surface area (Å²) in [6, 6.07) is 6.99. The second-order valence-corrected chi connectivity index (χ2v) is 5.10. The van der Waals surface area contributed by atoms with Crippen LogP contribution < -0.4 is 10.5 Å². The molecule has 2 rings (SSSR count). The highest BCUT2D eigenvalue weighted by molar-refractivity contribution is 5.91. The molecule has 5 nitrogen and oxygen atoms in total. The third-order valence-corrected chi connectivity index (χ3v) is 3.47. The van der Waals surface area contributed by atoms with Gasteiger partial charge in [-0.15, -0.1) is 0 Å². The minimum Gasteiger partial charge on any atom is -0.492 e. The highest BCUT2D eigenvalue weighted by Gasteiger charge is 2.43. The molecule has 0 aromatic heterocycles. The maximum Gasteiger partial charge on any atom is 0.338 e. The van der Waals surface area contributed by atoms with Crippen molar-refractivity contribution in [3.05, 3.63) is 23.8 Å². The van der Waals surface area contributed by atoms with Crippen LogP contribution in [0.15, 0.2) is 18.2 Å². The quantitative estimate of drug-likeness (QED) is 0.636. The molecule has 0 heterocycles. The minimum absolute atomic E-state index is 0.110. The highest BCUT2D eigenvalue weighted by atomic mass is 16.5. The molecule has 0 radical (unpaired) electrons. The van der Waals surface area contributed by atoms with Crippen molar-refractivity contribution in [3.63, 3.8) is 0 Å². The fourth-order valence-corrected chi connectivity index (χ4v) is 1.98. The predicted octanol–water partition coefficient (Wildman–Crippen LogP) is 2.52. The number of nitrogen functional groups attached to an aromatic ring is 1. The van der Waals surface area contributed by atoms with E-state index in [0.717, 1.165) is 12.8 Å².